The van der Waals surface area contributed by atoms with Crippen molar-refractivity contribution in [1.29, 1.82) is 0 Å². The number of nitrogens with zero attached hydrogens (tertiary/aromatic N) is 2. The Labute approximate surface area is 167 Å². The Balaban J connectivity index is 1.63. The van der Waals surface area contributed by atoms with Crippen molar-refractivity contribution in [2.75, 3.05) is 0 Å². The SMILES string of the molecule is CC(C)(C)c1ccc(COC(CCCn2ccnc2)c2ccc(F)cc2)cc1. The fourth-order valence-electron chi connectivity index (χ4n) is 3.20. The normalized spacial score (nSPS) is 12.9. The third kappa shape index (κ3) is 5.77. The van der Waals surface area contributed by atoms with Crippen molar-refractivity contribution in [1.82, 2.24) is 9.55 Å². The second-order valence-corrected chi connectivity index (χ2v) is 8.24. The van der Waals surface area contributed by atoms with Gasteiger partial charge in [0, 0.05) is 18.9 Å². The number of halogens is 1. The molecule has 0 N–H and O–H groups in total. The third-order valence-electron chi connectivity index (χ3n) is 4.95. The van der Waals surface area contributed by atoms with Crippen molar-refractivity contribution >= 4 is 0 Å². The van der Waals surface area contributed by atoms with E-state index in [1.165, 1.54) is 17.7 Å². The lowest BCUT2D eigenvalue weighted by atomic mass is 9.87. The Kier molecular flexibility index (Phi) is 6.63. The smallest absolute Gasteiger partial charge is 0.123 e. The lowest BCUT2D eigenvalue weighted by Gasteiger charge is -2.21. The minimum absolute atomic E-state index is 0.0635. The van der Waals surface area contributed by atoms with Gasteiger partial charge >= 0.3 is 0 Å². The van der Waals surface area contributed by atoms with Crippen LogP contribution < -0.4 is 0 Å². The lowest BCUT2D eigenvalue weighted by molar-refractivity contribution is 0.0318. The largest absolute Gasteiger partial charge is 0.369 e. The van der Waals surface area contributed by atoms with Gasteiger partial charge in [-0.15, -0.1) is 0 Å². The number of benzene rings is 2. The first-order valence-corrected chi connectivity index (χ1v) is 9.84. The van der Waals surface area contributed by atoms with Crippen LogP contribution in [0.15, 0.2) is 67.3 Å². The van der Waals surface area contributed by atoms with Crippen LogP contribution in [-0.4, -0.2) is 9.55 Å². The molecule has 3 nitrogen and oxygen atoms in total. The average Bonchev–Trinajstić information content (AvgIpc) is 3.18. The van der Waals surface area contributed by atoms with Gasteiger partial charge in [0.05, 0.1) is 19.0 Å². The molecule has 0 radical (unpaired) electrons. The highest BCUT2D eigenvalue weighted by Gasteiger charge is 2.15. The average molecular weight is 381 g/mol. The number of imidazole rings is 1. The minimum Gasteiger partial charge on any atom is -0.369 e. The second-order valence-electron chi connectivity index (χ2n) is 8.24. The van der Waals surface area contributed by atoms with Crippen molar-refractivity contribution in [2.45, 2.75) is 58.3 Å². The highest BCUT2D eigenvalue weighted by Crippen LogP contribution is 2.26. The van der Waals surface area contributed by atoms with Gasteiger partial charge in [-0.1, -0.05) is 57.2 Å². The summed E-state index contributed by atoms with van der Waals surface area (Å²) in [6.45, 7) is 8.06. The van der Waals surface area contributed by atoms with Gasteiger partial charge in [-0.3, -0.25) is 0 Å². The summed E-state index contributed by atoms with van der Waals surface area (Å²) >= 11 is 0. The van der Waals surface area contributed by atoms with Gasteiger partial charge in [0.15, 0.2) is 0 Å². The van der Waals surface area contributed by atoms with Crippen molar-refractivity contribution in [3.05, 3.63) is 89.8 Å². The van der Waals surface area contributed by atoms with Gasteiger partial charge in [-0.05, 0) is 47.1 Å². The topological polar surface area (TPSA) is 27.1 Å². The van der Waals surface area contributed by atoms with Gasteiger partial charge in [0.1, 0.15) is 5.82 Å². The minimum atomic E-state index is -0.223. The highest BCUT2D eigenvalue weighted by molar-refractivity contribution is 5.27. The summed E-state index contributed by atoms with van der Waals surface area (Å²) in [6.07, 6.45) is 7.33. The Morgan fingerprint density at radius 3 is 2.36 bits per heavy atom. The van der Waals surface area contributed by atoms with Crippen LogP contribution in [0.2, 0.25) is 0 Å². The van der Waals surface area contributed by atoms with Crippen molar-refractivity contribution in [3.8, 4) is 0 Å². The fourth-order valence-corrected chi connectivity index (χ4v) is 3.20. The molecule has 0 aliphatic carbocycles. The van der Waals surface area contributed by atoms with E-state index in [-0.39, 0.29) is 17.3 Å². The molecule has 0 fully saturated rings. The molecule has 0 saturated heterocycles. The summed E-state index contributed by atoms with van der Waals surface area (Å²) in [4.78, 5) is 4.08. The molecule has 0 saturated carbocycles. The number of hydrogen-bond acceptors (Lipinski definition) is 2. The number of rotatable bonds is 8. The second kappa shape index (κ2) is 9.16. The monoisotopic (exact) mass is 380 g/mol. The van der Waals surface area contributed by atoms with Gasteiger partial charge in [-0.25, -0.2) is 9.37 Å². The van der Waals surface area contributed by atoms with E-state index in [4.69, 9.17) is 4.74 Å². The van der Waals surface area contributed by atoms with Crippen LogP contribution in [-0.2, 0) is 23.3 Å². The molecule has 4 heteroatoms. The van der Waals surface area contributed by atoms with Crippen LogP contribution in [0.25, 0.3) is 0 Å². The van der Waals surface area contributed by atoms with Crippen LogP contribution >= 0.6 is 0 Å². The molecule has 3 rings (SSSR count). The molecule has 2 aromatic carbocycles. The summed E-state index contributed by atoms with van der Waals surface area (Å²) in [7, 11) is 0. The molecular formula is C24H29FN2O. The Bertz CT molecular complexity index is 834. The van der Waals surface area contributed by atoms with E-state index in [9.17, 15) is 4.39 Å². The summed E-state index contributed by atoms with van der Waals surface area (Å²) in [6, 6.07) is 15.2. The molecule has 1 heterocycles. The highest BCUT2D eigenvalue weighted by atomic mass is 19.1. The van der Waals surface area contributed by atoms with E-state index in [1.807, 2.05) is 24.7 Å². The number of ether oxygens (including phenoxy) is 1. The lowest BCUT2D eigenvalue weighted by Crippen LogP contribution is -2.11. The van der Waals surface area contributed by atoms with E-state index < -0.39 is 0 Å². The van der Waals surface area contributed by atoms with Gasteiger partial charge in [-0.2, -0.15) is 0 Å². The summed E-state index contributed by atoms with van der Waals surface area (Å²) in [5, 5.41) is 0. The summed E-state index contributed by atoms with van der Waals surface area (Å²) < 4.78 is 21.6. The number of aromatic nitrogens is 2. The van der Waals surface area contributed by atoms with Crippen molar-refractivity contribution < 1.29 is 9.13 Å². The summed E-state index contributed by atoms with van der Waals surface area (Å²) in [5.74, 6) is -0.223. The molecule has 3 aromatic rings. The van der Waals surface area contributed by atoms with E-state index in [0.717, 1.165) is 30.5 Å². The molecule has 0 aliphatic heterocycles. The van der Waals surface area contributed by atoms with E-state index in [2.05, 4.69) is 54.6 Å². The van der Waals surface area contributed by atoms with E-state index in [0.29, 0.717) is 6.61 Å². The number of hydrogen-bond donors (Lipinski definition) is 0. The van der Waals surface area contributed by atoms with Gasteiger partial charge in [0.25, 0.3) is 0 Å². The first kappa shape index (κ1) is 20.3. The maximum Gasteiger partial charge on any atom is 0.123 e. The molecule has 148 valence electrons. The standard InChI is InChI=1S/C24H29FN2O/c1-24(2,3)21-10-6-19(7-11-21)17-28-23(20-8-12-22(25)13-9-20)5-4-15-27-16-14-26-18-27/h6-14,16,18,23H,4-5,15,17H2,1-3H3. The van der Waals surface area contributed by atoms with Crippen molar-refractivity contribution in [3.63, 3.8) is 0 Å². The van der Waals surface area contributed by atoms with Gasteiger partial charge in [0.2, 0.25) is 0 Å². The Morgan fingerprint density at radius 1 is 1.04 bits per heavy atom. The molecule has 1 atom stereocenters. The maximum absolute atomic E-state index is 13.3. The molecular weight excluding hydrogens is 351 g/mol. The quantitative estimate of drug-likeness (QED) is 0.475. The van der Waals surface area contributed by atoms with Crippen LogP contribution in [0.3, 0.4) is 0 Å². The fraction of sp³-hybridized carbons (Fsp3) is 0.375. The zero-order valence-corrected chi connectivity index (χ0v) is 16.9. The first-order valence-electron chi connectivity index (χ1n) is 9.84. The predicted molar refractivity (Wildman–Crippen MR) is 111 cm³/mol. The summed E-state index contributed by atoms with van der Waals surface area (Å²) in [5.41, 5.74) is 3.61. The molecule has 0 bridgehead atoms. The zero-order chi connectivity index (χ0) is 20.0. The molecule has 0 spiro atoms. The van der Waals surface area contributed by atoms with Crippen LogP contribution in [0, 0.1) is 5.82 Å². The zero-order valence-electron chi connectivity index (χ0n) is 16.9. The first-order chi connectivity index (χ1) is 13.4. The van der Waals surface area contributed by atoms with E-state index in [1.54, 1.807) is 6.20 Å². The van der Waals surface area contributed by atoms with Crippen molar-refractivity contribution in [2.24, 2.45) is 0 Å². The van der Waals surface area contributed by atoms with Gasteiger partial charge < -0.3 is 9.30 Å². The Hall–Kier alpha value is -2.46. The van der Waals surface area contributed by atoms with Crippen LogP contribution in [0.4, 0.5) is 4.39 Å². The predicted octanol–water partition coefficient (Wildman–Crippen LogP) is 6.06. The number of aryl methyl sites for hydroxylation is 1. The molecule has 0 amide bonds. The third-order valence-corrected chi connectivity index (χ3v) is 4.95. The molecule has 28 heavy (non-hydrogen) atoms. The Morgan fingerprint density at radius 2 is 1.75 bits per heavy atom. The molecule has 1 unspecified atom stereocenters. The van der Waals surface area contributed by atoms with Crippen LogP contribution in [0.1, 0.15) is 56.4 Å². The van der Waals surface area contributed by atoms with Crippen LogP contribution in [0.5, 0.6) is 0 Å². The maximum atomic E-state index is 13.3. The molecule has 1 aromatic heterocycles. The van der Waals surface area contributed by atoms with E-state index >= 15 is 0 Å². The molecule has 0 aliphatic rings.